The molecule has 0 spiro atoms. The van der Waals surface area contributed by atoms with E-state index in [9.17, 15) is 4.79 Å². The minimum Gasteiger partial charge on any atom is -0.338 e. The third-order valence-electron chi connectivity index (χ3n) is 2.48. The molecule has 0 unspecified atom stereocenters. The summed E-state index contributed by atoms with van der Waals surface area (Å²) in [5.41, 5.74) is 1.24. The fourth-order valence-electron chi connectivity index (χ4n) is 1.49. The van der Waals surface area contributed by atoms with Crippen molar-refractivity contribution in [3.05, 3.63) is 45.0 Å². The molecule has 0 radical (unpaired) electrons. The second-order valence-corrected chi connectivity index (χ2v) is 5.74. The maximum Gasteiger partial charge on any atom is 0.258 e. The van der Waals surface area contributed by atoms with Crippen LogP contribution in [0.2, 0.25) is 5.02 Å². The van der Waals surface area contributed by atoms with Gasteiger partial charge >= 0.3 is 0 Å². The van der Waals surface area contributed by atoms with E-state index in [1.165, 1.54) is 0 Å². The highest BCUT2D eigenvalue weighted by atomic mass is 79.9. The molecule has 2 rings (SSSR count). The van der Waals surface area contributed by atoms with Crippen molar-refractivity contribution in [2.24, 2.45) is 0 Å². The highest BCUT2D eigenvalue weighted by Crippen LogP contribution is 2.22. The second kappa shape index (κ2) is 5.75. The van der Waals surface area contributed by atoms with E-state index in [0.29, 0.717) is 16.5 Å². The van der Waals surface area contributed by atoms with Gasteiger partial charge in [-0.3, -0.25) is 10.1 Å². The third-order valence-corrected chi connectivity index (χ3v) is 3.16. The standard InChI is InChI=1S/C13H12BrClN2O2/c1-7(2)11-6-12(19-17-11)16-13(18)8-3-9(14)5-10(15)4-8/h3-7H,1-2H3,(H,16,18). The summed E-state index contributed by atoms with van der Waals surface area (Å²) in [7, 11) is 0. The molecule has 1 aromatic carbocycles. The van der Waals surface area contributed by atoms with E-state index in [2.05, 4.69) is 26.4 Å². The average Bonchev–Trinajstić information content (AvgIpc) is 2.76. The van der Waals surface area contributed by atoms with Crippen LogP contribution in [0, 0.1) is 0 Å². The number of nitrogens with one attached hydrogen (secondary N) is 1. The number of rotatable bonds is 3. The molecular weight excluding hydrogens is 332 g/mol. The molecule has 2 aromatic rings. The molecule has 0 saturated heterocycles. The molecule has 1 heterocycles. The smallest absolute Gasteiger partial charge is 0.258 e. The van der Waals surface area contributed by atoms with Gasteiger partial charge in [0.1, 0.15) is 0 Å². The van der Waals surface area contributed by atoms with Gasteiger partial charge < -0.3 is 4.52 Å². The van der Waals surface area contributed by atoms with Crippen molar-refractivity contribution in [1.82, 2.24) is 5.16 Å². The van der Waals surface area contributed by atoms with Crippen molar-refractivity contribution in [2.45, 2.75) is 19.8 Å². The summed E-state index contributed by atoms with van der Waals surface area (Å²) in [4.78, 5) is 12.0. The number of carbonyl (C=O) groups is 1. The highest BCUT2D eigenvalue weighted by molar-refractivity contribution is 9.10. The first-order valence-electron chi connectivity index (χ1n) is 5.70. The minimum atomic E-state index is -0.297. The van der Waals surface area contributed by atoms with E-state index < -0.39 is 0 Å². The molecule has 4 nitrogen and oxygen atoms in total. The van der Waals surface area contributed by atoms with Crippen LogP contribution in [0.4, 0.5) is 5.88 Å². The van der Waals surface area contributed by atoms with Gasteiger partial charge in [-0.2, -0.15) is 0 Å². The lowest BCUT2D eigenvalue weighted by Gasteiger charge is -2.02. The summed E-state index contributed by atoms with van der Waals surface area (Å²) in [5.74, 6) is 0.272. The number of nitrogens with zero attached hydrogens (tertiary/aromatic N) is 1. The van der Waals surface area contributed by atoms with Crippen LogP contribution in [0.3, 0.4) is 0 Å². The maximum atomic E-state index is 12.0. The van der Waals surface area contributed by atoms with Crippen molar-refractivity contribution < 1.29 is 9.32 Å². The monoisotopic (exact) mass is 342 g/mol. The van der Waals surface area contributed by atoms with Crippen LogP contribution >= 0.6 is 27.5 Å². The number of halogens is 2. The number of anilines is 1. The molecule has 100 valence electrons. The molecule has 19 heavy (non-hydrogen) atoms. The topological polar surface area (TPSA) is 55.1 Å². The zero-order valence-electron chi connectivity index (χ0n) is 10.4. The molecule has 1 amide bonds. The summed E-state index contributed by atoms with van der Waals surface area (Å²) in [6, 6.07) is 6.69. The van der Waals surface area contributed by atoms with Crippen LogP contribution in [0.25, 0.3) is 0 Å². The average molecular weight is 344 g/mol. The molecule has 0 aliphatic heterocycles. The summed E-state index contributed by atoms with van der Waals surface area (Å²) in [5, 5.41) is 7.00. The zero-order chi connectivity index (χ0) is 14.0. The Balaban J connectivity index is 2.15. The van der Waals surface area contributed by atoms with Crippen LogP contribution in [0.15, 0.2) is 33.3 Å². The van der Waals surface area contributed by atoms with Gasteiger partial charge in [-0.05, 0) is 24.1 Å². The summed E-state index contributed by atoms with van der Waals surface area (Å²) in [6.07, 6.45) is 0. The van der Waals surface area contributed by atoms with E-state index in [0.717, 1.165) is 10.2 Å². The molecule has 0 aliphatic rings. The first-order valence-corrected chi connectivity index (χ1v) is 6.87. The van der Waals surface area contributed by atoms with E-state index in [-0.39, 0.29) is 11.8 Å². The number of carbonyl (C=O) groups excluding carboxylic acids is 1. The fourth-order valence-corrected chi connectivity index (χ4v) is 2.35. The highest BCUT2D eigenvalue weighted by Gasteiger charge is 2.12. The Labute approximate surface area is 124 Å². The Kier molecular flexibility index (Phi) is 4.27. The van der Waals surface area contributed by atoms with Gasteiger partial charge in [0.15, 0.2) is 0 Å². The number of aromatic nitrogens is 1. The van der Waals surface area contributed by atoms with E-state index in [1.54, 1.807) is 24.3 Å². The van der Waals surface area contributed by atoms with Crippen LogP contribution in [-0.4, -0.2) is 11.1 Å². The lowest BCUT2D eigenvalue weighted by molar-refractivity contribution is 0.102. The van der Waals surface area contributed by atoms with Crippen LogP contribution in [0.5, 0.6) is 0 Å². The molecule has 0 fully saturated rings. The zero-order valence-corrected chi connectivity index (χ0v) is 12.7. The number of benzene rings is 1. The Bertz CT molecular complexity index is 590. The molecule has 0 bridgehead atoms. The Morgan fingerprint density at radius 1 is 1.37 bits per heavy atom. The first-order chi connectivity index (χ1) is 8.95. The van der Waals surface area contributed by atoms with E-state index >= 15 is 0 Å². The molecule has 0 aliphatic carbocycles. The largest absolute Gasteiger partial charge is 0.338 e. The predicted octanol–water partition coefficient (Wildman–Crippen LogP) is 4.47. The summed E-state index contributed by atoms with van der Waals surface area (Å²) >= 11 is 9.19. The normalized spacial score (nSPS) is 10.8. The second-order valence-electron chi connectivity index (χ2n) is 4.38. The lowest BCUT2D eigenvalue weighted by Crippen LogP contribution is -2.11. The molecule has 0 saturated carbocycles. The quantitative estimate of drug-likeness (QED) is 0.894. The van der Waals surface area contributed by atoms with Gasteiger partial charge in [-0.25, -0.2) is 0 Å². The number of hydrogen-bond acceptors (Lipinski definition) is 3. The molecule has 1 N–H and O–H groups in total. The number of amides is 1. The van der Waals surface area contributed by atoms with E-state index in [4.69, 9.17) is 16.1 Å². The number of hydrogen-bond donors (Lipinski definition) is 1. The summed E-state index contributed by atoms with van der Waals surface area (Å²) in [6.45, 7) is 4.00. The van der Waals surface area contributed by atoms with Crippen molar-refractivity contribution in [2.75, 3.05) is 5.32 Å². The van der Waals surface area contributed by atoms with Gasteiger partial charge in [-0.1, -0.05) is 46.5 Å². The van der Waals surface area contributed by atoms with Gasteiger partial charge in [0.25, 0.3) is 5.91 Å². The van der Waals surface area contributed by atoms with Crippen molar-refractivity contribution in [1.29, 1.82) is 0 Å². The van der Waals surface area contributed by atoms with Gasteiger partial charge in [0.2, 0.25) is 5.88 Å². The fraction of sp³-hybridized carbons (Fsp3) is 0.231. The molecule has 1 aromatic heterocycles. The van der Waals surface area contributed by atoms with Gasteiger partial charge in [-0.15, -0.1) is 0 Å². The third kappa shape index (κ3) is 3.58. The molecule has 6 heteroatoms. The van der Waals surface area contributed by atoms with Crippen LogP contribution < -0.4 is 5.32 Å². The first kappa shape index (κ1) is 14.1. The van der Waals surface area contributed by atoms with Crippen LogP contribution in [-0.2, 0) is 0 Å². The maximum absolute atomic E-state index is 12.0. The molecule has 0 atom stereocenters. The lowest BCUT2D eigenvalue weighted by atomic mass is 10.1. The van der Waals surface area contributed by atoms with Crippen molar-refractivity contribution in [3.8, 4) is 0 Å². The van der Waals surface area contributed by atoms with E-state index in [1.807, 2.05) is 13.8 Å². The SMILES string of the molecule is CC(C)c1cc(NC(=O)c2cc(Cl)cc(Br)c2)on1. The predicted molar refractivity (Wildman–Crippen MR) is 77.7 cm³/mol. The minimum absolute atomic E-state index is 0.245. The Morgan fingerprint density at radius 3 is 2.68 bits per heavy atom. The van der Waals surface area contributed by atoms with Crippen LogP contribution in [0.1, 0.15) is 35.8 Å². The van der Waals surface area contributed by atoms with Gasteiger partial charge in [0.05, 0.1) is 5.69 Å². The molecular formula is C13H12BrClN2O2. The van der Waals surface area contributed by atoms with Gasteiger partial charge in [0, 0.05) is 21.1 Å². The Morgan fingerprint density at radius 2 is 2.11 bits per heavy atom. The summed E-state index contributed by atoms with van der Waals surface area (Å²) < 4.78 is 5.79. The Hall–Kier alpha value is -1.33. The van der Waals surface area contributed by atoms with Crippen molar-refractivity contribution >= 4 is 39.3 Å². The van der Waals surface area contributed by atoms with Crippen molar-refractivity contribution in [3.63, 3.8) is 0 Å².